The van der Waals surface area contributed by atoms with Crippen LogP contribution in [0.3, 0.4) is 0 Å². The van der Waals surface area contributed by atoms with Gasteiger partial charge >= 0.3 is 0 Å². The first kappa shape index (κ1) is 29.6. The van der Waals surface area contributed by atoms with Gasteiger partial charge in [0.05, 0.1) is 22.4 Å². The molecule has 0 fully saturated rings. The molecule has 0 radical (unpaired) electrons. The number of rotatable bonds is 5. The lowest BCUT2D eigenvalue weighted by Gasteiger charge is -2.29. The molecule has 2 aromatic heterocycles. The number of hydrogen-bond donors (Lipinski definition) is 0. The van der Waals surface area contributed by atoms with Gasteiger partial charge in [-0.1, -0.05) is 127 Å². The van der Waals surface area contributed by atoms with Crippen molar-refractivity contribution in [2.45, 2.75) is 0 Å². The van der Waals surface area contributed by atoms with Crippen molar-refractivity contribution in [1.29, 1.82) is 0 Å². The zero-order valence-corrected chi connectivity index (χ0v) is 28.8. The second-order valence-corrected chi connectivity index (χ2v) is 13.7. The fourth-order valence-corrected chi connectivity index (χ4v) is 8.35. The molecule has 0 bridgehead atoms. The largest absolute Gasteiger partial charge is 0.455 e. The topological polar surface area (TPSA) is 21.3 Å². The van der Waals surface area contributed by atoms with E-state index in [2.05, 4.69) is 204 Å². The summed E-state index contributed by atoms with van der Waals surface area (Å²) in [6.07, 6.45) is 0. The van der Waals surface area contributed by atoms with Crippen LogP contribution >= 0.6 is 0 Å². The average molecular weight is 677 g/mol. The molecule has 11 rings (SSSR count). The molecule has 3 nitrogen and oxygen atoms in total. The number of fused-ring (bicyclic) bond motifs is 9. The Bertz CT molecular complexity index is 3130. The quantitative estimate of drug-likeness (QED) is 0.181. The van der Waals surface area contributed by atoms with Crippen LogP contribution in [-0.2, 0) is 0 Å². The molecule has 248 valence electrons. The lowest BCUT2D eigenvalue weighted by molar-refractivity contribution is 0.673. The number of anilines is 3. The smallest absolute Gasteiger partial charge is 0.143 e. The Balaban J connectivity index is 1.10. The highest BCUT2D eigenvalue weighted by atomic mass is 16.3. The first-order chi connectivity index (χ1) is 26.3. The molecule has 0 spiro atoms. The number of nitrogens with zero attached hydrogens (tertiary/aromatic N) is 2. The minimum atomic E-state index is 0.885. The Hall–Kier alpha value is -7.10. The van der Waals surface area contributed by atoms with Gasteiger partial charge in [0.25, 0.3) is 0 Å². The summed E-state index contributed by atoms with van der Waals surface area (Å²) in [5, 5.41) is 9.48. The van der Waals surface area contributed by atoms with E-state index in [9.17, 15) is 0 Å². The van der Waals surface area contributed by atoms with E-state index >= 15 is 0 Å². The summed E-state index contributed by atoms with van der Waals surface area (Å²) in [4.78, 5) is 2.41. The summed E-state index contributed by atoms with van der Waals surface area (Å²) in [5.41, 5.74) is 10.9. The van der Waals surface area contributed by atoms with Crippen molar-refractivity contribution in [2.24, 2.45) is 0 Å². The summed E-state index contributed by atoms with van der Waals surface area (Å²) in [5.74, 6) is 0. The van der Waals surface area contributed by atoms with Crippen molar-refractivity contribution in [3.63, 3.8) is 0 Å². The molecule has 9 aromatic carbocycles. The van der Waals surface area contributed by atoms with Crippen LogP contribution in [0.15, 0.2) is 199 Å². The van der Waals surface area contributed by atoms with Gasteiger partial charge in [0, 0.05) is 49.3 Å². The van der Waals surface area contributed by atoms with Crippen LogP contribution in [0, 0.1) is 0 Å². The van der Waals surface area contributed by atoms with E-state index in [0.717, 1.165) is 61.2 Å². The fraction of sp³-hybridized carbons (Fsp3) is 0. The van der Waals surface area contributed by atoms with E-state index < -0.39 is 0 Å². The molecule has 0 saturated carbocycles. The Kier molecular flexibility index (Phi) is 6.55. The van der Waals surface area contributed by atoms with E-state index in [1.165, 1.54) is 38.0 Å². The molecule has 53 heavy (non-hydrogen) atoms. The summed E-state index contributed by atoms with van der Waals surface area (Å²) in [6.45, 7) is 0. The van der Waals surface area contributed by atoms with Crippen molar-refractivity contribution in [1.82, 2.24) is 4.57 Å². The highest BCUT2D eigenvalue weighted by Crippen LogP contribution is 2.45. The van der Waals surface area contributed by atoms with Crippen LogP contribution < -0.4 is 4.90 Å². The van der Waals surface area contributed by atoms with E-state index in [-0.39, 0.29) is 0 Å². The van der Waals surface area contributed by atoms with Crippen molar-refractivity contribution >= 4 is 82.4 Å². The van der Waals surface area contributed by atoms with Crippen molar-refractivity contribution in [2.75, 3.05) is 4.90 Å². The predicted octanol–water partition coefficient (Wildman–Crippen LogP) is 14.1. The second kappa shape index (κ2) is 11.7. The minimum Gasteiger partial charge on any atom is -0.455 e. The van der Waals surface area contributed by atoms with Gasteiger partial charge in [0.1, 0.15) is 11.2 Å². The molecule has 0 N–H and O–H groups in total. The first-order valence-electron chi connectivity index (χ1n) is 18.1. The van der Waals surface area contributed by atoms with E-state index in [0.29, 0.717) is 0 Å². The van der Waals surface area contributed by atoms with E-state index in [4.69, 9.17) is 4.42 Å². The van der Waals surface area contributed by atoms with Gasteiger partial charge in [-0.15, -0.1) is 0 Å². The lowest BCUT2D eigenvalue weighted by atomic mass is 9.99. The molecule has 2 heterocycles. The minimum absolute atomic E-state index is 0.885. The van der Waals surface area contributed by atoms with Crippen molar-refractivity contribution in [3.05, 3.63) is 194 Å². The second-order valence-electron chi connectivity index (χ2n) is 13.7. The molecule has 3 heteroatoms. The van der Waals surface area contributed by atoms with Gasteiger partial charge in [-0.3, -0.25) is 0 Å². The normalized spacial score (nSPS) is 11.8. The fourth-order valence-electron chi connectivity index (χ4n) is 8.35. The number of furan rings is 1. The Morgan fingerprint density at radius 3 is 1.75 bits per heavy atom. The molecule has 0 aliphatic rings. The maximum absolute atomic E-state index is 6.65. The Morgan fingerprint density at radius 1 is 0.396 bits per heavy atom. The molecule has 0 atom stereocenters. The van der Waals surface area contributed by atoms with Crippen LogP contribution in [0.2, 0.25) is 0 Å². The number of hydrogen-bond acceptors (Lipinski definition) is 2. The first-order valence-corrected chi connectivity index (χ1v) is 18.1. The summed E-state index contributed by atoms with van der Waals surface area (Å²) in [6, 6.07) is 69.7. The van der Waals surface area contributed by atoms with E-state index in [1.54, 1.807) is 0 Å². The van der Waals surface area contributed by atoms with Gasteiger partial charge in [-0.2, -0.15) is 0 Å². The van der Waals surface area contributed by atoms with Crippen molar-refractivity contribution < 1.29 is 4.42 Å². The van der Waals surface area contributed by atoms with Gasteiger partial charge in [0.15, 0.2) is 0 Å². The van der Waals surface area contributed by atoms with Crippen LogP contribution in [0.5, 0.6) is 0 Å². The zero-order chi connectivity index (χ0) is 34.9. The summed E-state index contributed by atoms with van der Waals surface area (Å²) in [7, 11) is 0. The summed E-state index contributed by atoms with van der Waals surface area (Å²) >= 11 is 0. The van der Waals surface area contributed by atoms with Crippen LogP contribution in [-0.4, -0.2) is 4.57 Å². The van der Waals surface area contributed by atoms with Crippen LogP contribution in [0.1, 0.15) is 0 Å². The molecule has 0 aliphatic carbocycles. The van der Waals surface area contributed by atoms with E-state index in [1.807, 2.05) is 0 Å². The Morgan fingerprint density at radius 2 is 0.981 bits per heavy atom. The molecular weight excluding hydrogens is 645 g/mol. The van der Waals surface area contributed by atoms with Gasteiger partial charge in [-0.25, -0.2) is 0 Å². The molecule has 0 saturated heterocycles. The number of aromatic nitrogens is 1. The van der Waals surface area contributed by atoms with Gasteiger partial charge in [-0.05, 0) is 83.1 Å². The molecule has 0 aliphatic heterocycles. The van der Waals surface area contributed by atoms with Crippen LogP contribution in [0.4, 0.5) is 17.1 Å². The molecular formula is C50H32N2O. The zero-order valence-electron chi connectivity index (χ0n) is 28.8. The average Bonchev–Trinajstić information content (AvgIpc) is 3.77. The molecule has 0 unspecified atom stereocenters. The van der Waals surface area contributed by atoms with Gasteiger partial charge in [0.2, 0.25) is 0 Å². The number of benzene rings is 9. The lowest BCUT2D eigenvalue weighted by Crippen LogP contribution is -2.12. The molecule has 0 amide bonds. The highest BCUT2D eigenvalue weighted by molar-refractivity contribution is 6.15. The highest BCUT2D eigenvalue weighted by Gasteiger charge is 2.21. The maximum atomic E-state index is 6.65. The third-order valence-electron chi connectivity index (χ3n) is 10.8. The number of para-hydroxylation sites is 3. The maximum Gasteiger partial charge on any atom is 0.143 e. The molecule has 11 aromatic rings. The summed E-state index contributed by atoms with van der Waals surface area (Å²) < 4.78 is 9.02. The van der Waals surface area contributed by atoms with Crippen LogP contribution in [0.25, 0.3) is 82.1 Å². The SMILES string of the molecule is c1ccc(N(c2ccc(-n3c4ccccc4c4ccccc43)cc2)c2cccc3ccccc23)c(-c2ccc3c(c2)oc2c4ccccc4ccc32)c1. The third-order valence-corrected chi connectivity index (χ3v) is 10.8. The van der Waals surface area contributed by atoms with Crippen molar-refractivity contribution in [3.8, 4) is 16.8 Å². The third kappa shape index (κ3) is 4.61. The Labute approximate surface area is 306 Å². The monoisotopic (exact) mass is 676 g/mol. The predicted molar refractivity (Wildman–Crippen MR) is 223 cm³/mol. The van der Waals surface area contributed by atoms with Gasteiger partial charge < -0.3 is 13.9 Å². The standard InChI is InChI=1S/C50H32N2O/c1-3-15-38-33(12-1)14-11-23-46(38)51(36-26-28-37(29-27-36)52-47-21-9-6-18-41(47)42-19-7-10-22-48(42)52)45-20-8-5-16-39(45)35-25-30-43-44-31-24-34-13-2-4-17-40(34)50(44)53-49(43)32-35/h1-32H.